The Kier molecular flexibility index (Phi) is 14.8. The summed E-state index contributed by atoms with van der Waals surface area (Å²) in [6.07, 6.45) is 11.0. The molecule has 9 N–H and O–H groups in total. The summed E-state index contributed by atoms with van der Waals surface area (Å²) in [5, 5.41) is 18.0. The van der Waals surface area contributed by atoms with Gasteiger partial charge in [-0.1, -0.05) is 38.5 Å². The first-order chi connectivity index (χ1) is 18.5. The number of aliphatic imine (C=N–C) groups is 1. The van der Waals surface area contributed by atoms with E-state index in [4.69, 9.17) is 37.5 Å². The van der Waals surface area contributed by atoms with E-state index in [0.717, 1.165) is 82.4 Å². The molecule has 2 aromatic carbocycles. The highest BCUT2D eigenvalue weighted by molar-refractivity contribution is 5.95. The number of unbranched alkanes of at least 4 members (excludes halogenated alkanes) is 8. The van der Waals surface area contributed by atoms with Crippen molar-refractivity contribution in [1.82, 2.24) is 5.32 Å². The molecule has 0 fully saturated rings. The number of nitrogens with zero attached hydrogens (tertiary/aromatic N) is 1. The molecule has 0 aromatic heterocycles. The lowest BCUT2D eigenvalue weighted by atomic mass is 10.1. The Balaban J connectivity index is 1.35. The number of guanidine groups is 1. The van der Waals surface area contributed by atoms with Gasteiger partial charge < -0.3 is 32.0 Å². The number of hydrogen-bond acceptors (Lipinski definition) is 5. The average Bonchev–Trinajstić information content (AvgIpc) is 2.91. The van der Waals surface area contributed by atoms with Gasteiger partial charge in [0.2, 0.25) is 0 Å². The normalized spacial score (nSPS) is 11.2. The fourth-order valence-corrected chi connectivity index (χ4v) is 3.81. The second-order valence-corrected chi connectivity index (χ2v) is 9.30. The van der Waals surface area contributed by atoms with Crippen molar-refractivity contribution in [3.8, 4) is 11.5 Å². The van der Waals surface area contributed by atoms with Crippen LogP contribution in [0.3, 0.4) is 0 Å². The lowest BCUT2D eigenvalue weighted by Crippen LogP contribution is -2.32. The van der Waals surface area contributed by atoms with Gasteiger partial charge >= 0.3 is 0 Å². The predicted molar refractivity (Wildman–Crippen MR) is 157 cm³/mol. The number of benzene rings is 2. The van der Waals surface area contributed by atoms with Gasteiger partial charge in [-0.25, -0.2) is 0 Å². The van der Waals surface area contributed by atoms with E-state index >= 15 is 0 Å². The van der Waals surface area contributed by atoms with Crippen molar-refractivity contribution in [2.75, 3.05) is 26.3 Å². The first-order valence-corrected chi connectivity index (χ1v) is 13.6. The van der Waals surface area contributed by atoms with Gasteiger partial charge in [-0.05, 0) is 74.2 Å². The quantitative estimate of drug-likeness (QED) is 0.0847. The Morgan fingerprint density at radius 1 is 0.605 bits per heavy atom. The summed E-state index contributed by atoms with van der Waals surface area (Å²) in [7, 11) is 0. The molecule has 0 radical (unpaired) electrons. The van der Waals surface area contributed by atoms with Crippen molar-refractivity contribution in [3.63, 3.8) is 0 Å². The molecule has 0 unspecified atom stereocenters. The molecule has 2 aromatic rings. The molecule has 0 bridgehead atoms. The topological polar surface area (TPSA) is 169 Å². The fourth-order valence-electron chi connectivity index (χ4n) is 3.81. The molecule has 208 valence electrons. The van der Waals surface area contributed by atoms with Crippen LogP contribution in [-0.2, 0) is 0 Å². The minimum atomic E-state index is 0.0690. The van der Waals surface area contributed by atoms with E-state index in [2.05, 4.69) is 10.3 Å². The molecular weight excluding hydrogens is 478 g/mol. The van der Waals surface area contributed by atoms with E-state index in [9.17, 15) is 0 Å². The second kappa shape index (κ2) is 18.5. The van der Waals surface area contributed by atoms with E-state index in [-0.39, 0.29) is 11.7 Å². The third kappa shape index (κ3) is 13.5. The summed E-state index contributed by atoms with van der Waals surface area (Å²) >= 11 is 0. The molecule has 38 heavy (non-hydrogen) atoms. The van der Waals surface area contributed by atoms with Crippen LogP contribution in [0.4, 0.5) is 0 Å². The molecule has 2 rings (SSSR count). The SMILES string of the molecule is N=C(N)c1ccc(OCCCCCCCN=C(N)NCCCCCCCOc2ccc(C(=N)N)cc2)cc1. The number of nitrogens with one attached hydrogen (secondary N) is 3. The zero-order valence-corrected chi connectivity index (χ0v) is 22.5. The van der Waals surface area contributed by atoms with Gasteiger partial charge in [0, 0.05) is 24.2 Å². The smallest absolute Gasteiger partial charge is 0.188 e. The van der Waals surface area contributed by atoms with Crippen LogP contribution in [0.25, 0.3) is 0 Å². The monoisotopic (exact) mass is 523 g/mol. The lowest BCUT2D eigenvalue weighted by Gasteiger charge is -2.08. The molecule has 0 saturated heterocycles. The van der Waals surface area contributed by atoms with Gasteiger partial charge in [0.05, 0.1) is 13.2 Å². The van der Waals surface area contributed by atoms with Crippen LogP contribution in [0.2, 0.25) is 0 Å². The molecule has 0 atom stereocenters. The maximum Gasteiger partial charge on any atom is 0.188 e. The molecular formula is C29H45N7O2. The third-order valence-electron chi connectivity index (χ3n) is 6.08. The largest absolute Gasteiger partial charge is 0.494 e. The first-order valence-electron chi connectivity index (χ1n) is 13.6. The molecule has 9 nitrogen and oxygen atoms in total. The summed E-state index contributed by atoms with van der Waals surface area (Å²) in [5.41, 5.74) is 18.3. The van der Waals surface area contributed by atoms with Crippen LogP contribution in [0.1, 0.15) is 75.3 Å². The number of rotatable bonds is 20. The molecule has 0 aliphatic rings. The molecule has 0 saturated carbocycles. The minimum Gasteiger partial charge on any atom is -0.494 e. The van der Waals surface area contributed by atoms with Gasteiger partial charge in [0.1, 0.15) is 23.2 Å². The van der Waals surface area contributed by atoms with E-state index in [0.29, 0.717) is 30.3 Å². The van der Waals surface area contributed by atoms with Crippen molar-refractivity contribution in [2.45, 2.75) is 64.2 Å². The Hall–Kier alpha value is -3.75. The summed E-state index contributed by atoms with van der Waals surface area (Å²) in [5.74, 6) is 2.31. The maximum absolute atomic E-state index is 7.40. The second-order valence-electron chi connectivity index (χ2n) is 9.30. The number of hydrogen-bond donors (Lipinski definition) is 6. The Morgan fingerprint density at radius 2 is 1.03 bits per heavy atom. The average molecular weight is 524 g/mol. The lowest BCUT2D eigenvalue weighted by molar-refractivity contribution is 0.304. The summed E-state index contributed by atoms with van der Waals surface area (Å²) in [6, 6.07) is 14.6. The predicted octanol–water partition coefficient (Wildman–Crippen LogP) is 4.52. The van der Waals surface area contributed by atoms with Crippen molar-refractivity contribution < 1.29 is 9.47 Å². The number of nitrogens with two attached hydrogens (primary N) is 3. The highest BCUT2D eigenvalue weighted by atomic mass is 16.5. The van der Waals surface area contributed by atoms with E-state index in [1.165, 1.54) is 6.42 Å². The van der Waals surface area contributed by atoms with Crippen LogP contribution in [0, 0.1) is 10.8 Å². The summed E-state index contributed by atoms with van der Waals surface area (Å²) in [4.78, 5) is 4.42. The van der Waals surface area contributed by atoms with Crippen LogP contribution < -0.4 is 32.0 Å². The van der Waals surface area contributed by atoms with Crippen molar-refractivity contribution in [3.05, 3.63) is 59.7 Å². The van der Waals surface area contributed by atoms with Crippen LogP contribution >= 0.6 is 0 Å². The molecule has 9 heteroatoms. The van der Waals surface area contributed by atoms with Gasteiger partial charge in [-0.2, -0.15) is 0 Å². The maximum atomic E-state index is 7.40. The van der Waals surface area contributed by atoms with Crippen LogP contribution in [0.5, 0.6) is 11.5 Å². The van der Waals surface area contributed by atoms with Gasteiger partial charge in [-0.15, -0.1) is 0 Å². The van der Waals surface area contributed by atoms with Crippen LogP contribution in [-0.4, -0.2) is 43.9 Å². The first kappa shape index (κ1) is 30.5. The van der Waals surface area contributed by atoms with Crippen molar-refractivity contribution >= 4 is 17.6 Å². The fraction of sp³-hybridized carbons (Fsp3) is 0.483. The number of nitrogen functional groups attached to an aromatic ring is 2. The summed E-state index contributed by atoms with van der Waals surface area (Å²) in [6.45, 7) is 3.00. The van der Waals surface area contributed by atoms with Crippen molar-refractivity contribution in [1.29, 1.82) is 10.8 Å². The van der Waals surface area contributed by atoms with E-state index in [1.807, 2.05) is 24.3 Å². The number of ether oxygens (including phenoxy) is 2. The highest BCUT2D eigenvalue weighted by Crippen LogP contribution is 2.14. The van der Waals surface area contributed by atoms with Gasteiger partial charge in [0.25, 0.3) is 0 Å². The van der Waals surface area contributed by atoms with Crippen LogP contribution in [0.15, 0.2) is 53.5 Å². The minimum absolute atomic E-state index is 0.0690. The Morgan fingerprint density at radius 3 is 1.50 bits per heavy atom. The molecule has 0 aliphatic carbocycles. The molecule has 0 amide bonds. The molecule has 0 aliphatic heterocycles. The van der Waals surface area contributed by atoms with E-state index < -0.39 is 0 Å². The van der Waals surface area contributed by atoms with Crippen molar-refractivity contribution in [2.24, 2.45) is 22.2 Å². The molecule has 0 spiro atoms. The number of amidine groups is 2. The Labute approximate surface area is 227 Å². The Bertz CT molecular complexity index is 975. The highest BCUT2D eigenvalue weighted by Gasteiger charge is 2.00. The standard InChI is InChI=1S/C29H45N7O2/c30-27(31)23-11-15-25(16-12-23)37-21-9-5-1-3-7-19-35-29(34)36-20-8-4-2-6-10-22-38-26-17-13-24(14-18-26)28(32)33/h11-18H,1-10,19-22H2,(H3,30,31)(H3,32,33)(H3,34,35,36). The third-order valence-corrected chi connectivity index (χ3v) is 6.08. The van der Waals surface area contributed by atoms with Gasteiger partial charge in [0.15, 0.2) is 5.96 Å². The molecule has 0 heterocycles. The zero-order chi connectivity index (χ0) is 27.4. The van der Waals surface area contributed by atoms with E-state index in [1.54, 1.807) is 24.3 Å². The zero-order valence-electron chi connectivity index (χ0n) is 22.5. The summed E-state index contributed by atoms with van der Waals surface area (Å²) < 4.78 is 11.5. The van der Waals surface area contributed by atoms with Gasteiger partial charge in [-0.3, -0.25) is 15.8 Å².